The lowest BCUT2D eigenvalue weighted by Gasteiger charge is -2.09. The Labute approximate surface area is 105 Å². The maximum absolute atomic E-state index is 11.9. The fourth-order valence-corrected chi connectivity index (χ4v) is 2.50. The van der Waals surface area contributed by atoms with Gasteiger partial charge in [0.15, 0.2) is 0 Å². The number of hydrogen-bond donors (Lipinski definition) is 4. The molecule has 0 radical (unpaired) electrons. The van der Waals surface area contributed by atoms with Crippen LogP contribution in [-0.4, -0.2) is 32.5 Å². The van der Waals surface area contributed by atoms with Crippen LogP contribution in [0, 0.1) is 0 Å². The number of hydrogen-bond acceptors (Lipinski definition) is 5. The van der Waals surface area contributed by atoms with Crippen molar-refractivity contribution in [2.45, 2.75) is 11.4 Å². The van der Waals surface area contributed by atoms with Crippen molar-refractivity contribution in [3.63, 3.8) is 0 Å². The second-order valence-electron chi connectivity index (χ2n) is 3.34. The lowest BCUT2D eigenvalue weighted by Crippen LogP contribution is -2.37. The Kier molecular flexibility index (Phi) is 5.01. The van der Waals surface area contributed by atoms with Gasteiger partial charge < -0.3 is 16.8 Å². The first-order valence-electron chi connectivity index (χ1n) is 5.14. The minimum absolute atomic E-state index is 0.0244. The van der Waals surface area contributed by atoms with Crippen LogP contribution in [0.15, 0.2) is 23.2 Å². The van der Waals surface area contributed by atoms with Crippen LogP contribution < -0.4 is 21.5 Å². The number of pyridine rings is 1. The first kappa shape index (κ1) is 14.4. The summed E-state index contributed by atoms with van der Waals surface area (Å²) in [5.41, 5.74) is 10.5. The summed E-state index contributed by atoms with van der Waals surface area (Å²) in [6.07, 6.45) is 1.47. The largest absolute Gasteiger partial charge is 0.352 e. The second-order valence-corrected chi connectivity index (χ2v) is 5.08. The summed E-state index contributed by atoms with van der Waals surface area (Å²) in [6.45, 7) is 0.160. The van der Waals surface area contributed by atoms with Crippen molar-refractivity contribution in [2.24, 2.45) is 11.5 Å². The maximum atomic E-state index is 11.9. The van der Waals surface area contributed by atoms with E-state index < -0.39 is 16.1 Å². The molecule has 9 heteroatoms. The van der Waals surface area contributed by atoms with Gasteiger partial charge in [0.2, 0.25) is 10.0 Å². The molecule has 0 aromatic carbocycles. The van der Waals surface area contributed by atoms with Gasteiger partial charge >= 0.3 is 6.03 Å². The van der Waals surface area contributed by atoms with Gasteiger partial charge in [0, 0.05) is 25.8 Å². The number of rotatable bonds is 6. The van der Waals surface area contributed by atoms with Crippen LogP contribution in [0.1, 0.15) is 5.69 Å². The number of nitrogens with two attached hydrogens (primary N) is 2. The fraction of sp³-hybridized carbons (Fsp3) is 0.333. The predicted molar refractivity (Wildman–Crippen MR) is 64.9 cm³/mol. The number of carbonyl (C=O) groups excluding carboxylic acids is 1. The number of carbonyl (C=O) groups is 1. The van der Waals surface area contributed by atoms with Gasteiger partial charge in [-0.2, -0.15) is 0 Å². The third-order valence-electron chi connectivity index (χ3n) is 2.05. The number of aromatic nitrogens is 1. The summed E-state index contributed by atoms with van der Waals surface area (Å²) in [6, 6.07) is 2.22. The van der Waals surface area contributed by atoms with E-state index in [0.717, 1.165) is 0 Å². The Hall–Kier alpha value is -1.71. The van der Waals surface area contributed by atoms with Crippen LogP contribution in [0.3, 0.4) is 0 Å². The average molecular weight is 273 g/mol. The summed E-state index contributed by atoms with van der Waals surface area (Å²) < 4.78 is 26.1. The van der Waals surface area contributed by atoms with E-state index in [4.69, 9.17) is 11.5 Å². The molecule has 1 aromatic rings. The zero-order valence-corrected chi connectivity index (χ0v) is 10.4. The Morgan fingerprint density at radius 2 is 2.11 bits per heavy atom. The molecule has 1 heterocycles. The second kappa shape index (κ2) is 6.28. The Bertz CT molecular complexity index is 517. The molecule has 0 atom stereocenters. The first-order chi connectivity index (χ1) is 8.47. The highest BCUT2D eigenvalue weighted by molar-refractivity contribution is 7.89. The van der Waals surface area contributed by atoms with E-state index >= 15 is 0 Å². The van der Waals surface area contributed by atoms with Crippen LogP contribution in [0.2, 0.25) is 0 Å². The van der Waals surface area contributed by atoms with Crippen molar-refractivity contribution in [1.82, 2.24) is 15.0 Å². The average Bonchev–Trinajstić information content (AvgIpc) is 2.34. The monoisotopic (exact) mass is 273 g/mol. The number of nitrogens with one attached hydrogen (secondary N) is 2. The van der Waals surface area contributed by atoms with Crippen molar-refractivity contribution in [2.75, 3.05) is 13.1 Å². The lowest BCUT2D eigenvalue weighted by atomic mass is 10.3. The van der Waals surface area contributed by atoms with E-state index in [1.54, 1.807) is 0 Å². The SMILES string of the molecule is NCc1ncccc1S(=O)(=O)NCCNC(N)=O. The highest BCUT2D eigenvalue weighted by atomic mass is 32.2. The molecule has 1 aromatic heterocycles. The molecule has 0 saturated heterocycles. The predicted octanol–water partition coefficient (Wildman–Crippen LogP) is -1.51. The Morgan fingerprint density at radius 1 is 1.39 bits per heavy atom. The van der Waals surface area contributed by atoms with E-state index in [9.17, 15) is 13.2 Å². The van der Waals surface area contributed by atoms with E-state index in [0.29, 0.717) is 0 Å². The van der Waals surface area contributed by atoms with Crippen molar-refractivity contribution in [3.8, 4) is 0 Å². The number of nitrogens with zero attached hydrogens (tertiary/aromatic N) is 1. The molecular formula is C9H15N5O3S. The molecule has 0 saturated carbocycles. The lowest BCUT2D eigenvalue weighted by molar-refractivity contribution is 0.249. The molecule has 2 amide bonds. The van der Waals surface area contributed by atoms with Crippen LogP contribution in [0.25, 0.3) is 0 Å². The molecule has 100 valence electrons. The van der Waals surface area contributed by atoms with Gasteiger partial charge in [-0.25, -0.2) is 17.9 Å². The van der Waals surface area contributed by atoms with E-state index in [-0.39, 0.29) is 30.2 Å². The van der Waals surface area contributed by atoms with Crippen molar-refractivity contribution < 1.29 is 13.2 Å². The van der Waals surface area contributed by atoms with Gasteiger partial charge in [-0.15, -0.1) is 0 Å². The zero-order chi connectivity index (χ0) is 13.6. The van der Waals surface area contributed by atoms with Crippen molar-refractivity contribution >= 4 is 16.1 Å². The summed E-state index contributed by atoms with van der Waals surface area (Å²) in [7, 11) is -3.69. The Balaban J connectivity index is 2.71. The molecule has 1 rings (SSSR count). The van der Waals surface area contributed by atoms with Gasteiger partial charge in [-0.05, 0) is 12.1 Å². The van der Waals surface area contributed by atoms with Gasteiger partial charge in [-0.3, -0.25) is 4.98 Å². The van der Waals surface area contributed by atoms with Crippen LogP contribution in [0.5, 0.6) is 0 Å². The highest BCUT2D eigenvalue weighted by Crippen LogP contribution is 2.11. The third-order valence-corrected chi connectivity index (χ3v) is 3.58. The molecule has 0 spiro atoms. The molecule has 0 aliphatic carbocycles. The maximum Gasteiger partial charge on any atom is 0.312 e. The van der Waals surface area contributed by atoms with E-state index in [2.05, 4.69) is 15.0 Å². The van der Waals surface area contributed by atoms with Crippen molar-refractivity contribution in [3.05, 3.63) is 24.0 Å². The van der Waals surface area contributed by atoms with E-state index in [1.807, 2.05) is 0 Å². The number of amides is 2. The van der Waals surface area contributed by atoms with Crippen LogP contribution in [0.4, 0.5) is 4.79 Å². The topological polar surface area (TPSA) is 140 Å². The number of primary amides is 1. The van der Waals surface area contributed by atoms with Crippen molar-refractivity contribution in [1.29, 1.82) is 0 Å². The molecular weight excluding hydrogens is 258 g/mol. The molecule has 18 heavy (non-hydrogen) atoms. The fourth-order valence-electron chi connectivity index (χ4n) is 1.27. The Morgan fingerprint density at radius 3 is 2.72 bits per heavy atom. The molecule has 8 nitrogen and oxygen atoms in total. The quantitative estimate of drug-likeness (QED) is 0.466. The minimum atomic E-state index is -3.69. The van der Waals surface area contributed by atoms with Gasteiger partial charge in [0.05, 0.1) is 5.69 Å². The van der Waals surface area contributed by atoms with E-state index in [1.165, 1.54) is 18.3 Å². The third kappa shape index (κ3) is 3.95. The minimum Gasteiger partial charge on any atom is -0.352 e. The van der Waals surface area contributed by atoms with Gasteiger partial charge in [0.1, 0.15) is 4.90 Å². The van der Waals surface area contributed by atoms with Crippen LogP contribution >= 0.6 is 0 Å². The summed E-state index contributed by atoms with van der Waals surface area (Å²) in [5.74, 6) is 0. The summed E-state index contributed by atoms with van der Waals surface area (Å²) in [5, 5.41) is 2.27. The molecule has 0 aliphatic heterocycles. The van der Waals surface area contributed by atoms with Crippen LogP contribution in [-0.2, 0) is 16.6 Å². The number of urea groups is 1. The standard InChI is InChI=1S/C9H15N5O3S/c10-6-7-8(2-1-3-12-7)18(16,17)14-5-4-13-9(11)15/h1-3,14H,4-6,10H2,(H3,11,13,15). The molecule has 6 N–H and O–H groups in total. The summed E-state index contributed by atoms with van der Waals surface area (Å²) >= 11 is 0. The summed E-state index contributed by atoms with van der Waals surface area (Å²) in [4.78, 5) is 14.3. The molecule has 0 fully saturated rings. The smallest absolute Gasteiger partial charge is 0.312 e. The number of sulfonamides is 1. The first-order valence-corrected chi connectivity index (χ1v) is 6.62. The van der Waals surface area contributed by atoms with Gasteiger partial charge in [-0.1, -0.05) is 0 Å². The molecule has 0 unspecified atom stereocenters. The molecule has 0 bridgehead atoms. The zero-order valence-electron chi connectivity index (χ0n) is 9.59. The highest BCUT2D eigenvalue weighted by Gasteiger charge is 2.17. The molecule has 0 aliphatic rings. The van der Waals surface area contributed by atoms with Gasteiger partial charge in [0.25, 0.3) is 0 Å². The normalized spacial score (nSPS) is 11.2.